The van der Waals surface area contributed by atoms with Gasteiger partial charge in [-0.1, -0.05) is 23.7 Å². The summed E-state index contributed by atoms with van der Waals surface area (Å²) in [4.78, 5) is 17.2. The van der Waals surface area contributed by atoms with Gasteiger partial charge in [0.05, 0.1) is 11.8 Å². The molecule has 0 aliphatic carbocycles. The lowest BCUT2D eigenvalue weighted by molar-refractivity contribution is 0.403. The lowest BCUT2D eigenvalue weighted by atomic mass is 10.1. The van der Waals surface area contributed by atoms with Crippen molar-refractivity contribution >= 4 is 17.2 Å². The van der Waals surface area contributed by atoms with E-state index in [-0.39, 0.29) is 23.4 Å². The van der Waals surface area contributed by atoms with Crippen LogP contribution in [-0.4, -0.2) is 38.7 Å². The van der Waals surface area contributed by atoms with Crippen molar-refractivity contribution in [2.45, 2.75) is 13.0 Å². The molecule has 0 saturated carbocycles. The highest BCUT2D eigenvalue weighted by Gasteiger charge is 2.16. The maximum atomic E-state index is 12.4. The lowest BCUT2D eigenvalue weighted by Gasteiger charge is -2.09. The van der Waals surface area contributed by atoms with E-state index in [1.807, 2.05) is 31.1 Å². The summed E-state index contributed by atoms with van der Waals surface area (Å²) >= 11 is 5.97. The molecule has 0 aliphatic heterocycles. The van der Waals surface area contributed by atoms with E-state index in [0.717, 1.165) is 11.1 Å². The summed E-state index contributed by atoms with van der Waals surface area (Å²) in [6, 6.07) is 7.20. The standard InChI is InChI=1S/C16H17ClN4O2/c1-20(2)9-11-8-18-21-14(11)19-15(22)13(16(21)23)7-10-4-3-5-12(17)6-10/h3-6,8,23H,7,9H2,1-2H3,(H,19,22). The Morgan fingerprint density at radius 3 is 2.87 bits per heavy atom. The third-order valence-electron chi connectivity index (χ3n) is 3.58. The molecule has 120 valence electrons. The Bertz CT molecular complexity index is 914. The quantitative estimate of drug-likeness (QED) is 0.766. The lowest BCUT2D eigenvalue weighted by Crippen LogP contribution is -2.17. The number of aromatic hydroxyl groups is 1. The third-order valence-corrected chi connectivity index (χ3v) is 3.81. The van der Waals surface area contributed by atoms with Crippen LogP contribution in [0.25, 0.3) is 5.65 Å². The van der Waals surface area contributed by atoms with E-state index < -0.39 is 0 Å². The highest BCUT2D eigenvalue weighted by molar-refractivity contribution is 6.30. The van der Waals surface area contributed by atoms with E-state index in [1.165, 1.54) is 4.52 Å². The molecule has 0 amide bonds. The minimum Gasteiger partial charge on any atom is -0.493 e. The fraction of sp³-hybridized carbons (Fsp3) is 0.250. The molecule has 23 heavy (non-hydrogen) atoms. The molecule has 0 saturated heterocycles. The fourth-order valence-electron chi connectivity index (χ4n) is 2.56. The molecule has 3 aromatic rings. The zero-order valence-corrected chi connectivity index (χ0v) is 13.6. The minimum atomic E-state index is -0.324. The van der Waals surface area contributed by atoms with Gasteiger partial charge in [-0.05, 0) is 31.8 Å². The zero-order valence-electron chi connectivity index (χ0n) is 12.9. The molecule has 7 heteroatoms. The number of benzene rings is 1. The molecule has 2 heterocycles. The Morgan fingerprint density at radius 2 is 2.17 bits per heavy atom. The van der Waals surface area contributed by atoms with E-state index >= 15 is 0 Å². The monoisotopic (exact) mass is 332 g/mol. The predicted octanol–water partition coefficient (Wildman–Crippen LogP) is 2.03. The summed E-state index contributed by atoms with van der Waals surface area (Å²) in [5.41, 5.74) is 2.14. The Balaban J connectivity index is 2.07. The molecule has 0 spiro atoms. The number of rotatable bonds is 4. The van der Waals surface area contributed by atoms with Crippen LogP contribution >= 0.6 is 11.6 Å². The first-order valence-corrected chi connectivity index (χ1v) is 7.53. The summed E-state index contributed by atoms with van der Waals surface area (Å²) in [6.45, 7) is 0.618. The van der Waals surface area contributed by atoms with Gasteiger partial charge in [0.2, 0.25) is 5.88 Å². The number of H-pyrrole nitrogens is 1. The van der Waals surface area contributed by atoms with Crippen molar-refractivity contribution in [2.75, 3.05) is 14.1 Å². The molecular weight excluding hydrogens is 316 g/mol. The van der Waals surface area contributed by atoms with Crippen molar-refractivity contribution in [2.24, 2.45) is 0 Å². The summed E-state index contributed by atoms with van der Waals surface area (Å²) in [7, 11) is 3.85. The van der Waals surface area contributed by atoms with Crippen LogP contribution in [-0.2, 0) is 13.0 Å². The van der Waals surface area contributed by atoms with Crippen molar-refractivity contribution in [1.82, 2.24) is 19.5 Å². The second-order valence-electron chi connectivity index (χ2n) is 5.73. The number of aromatic amines is 1. The SMILES string of the molecule is CN(C)Cc1cnn2c(O)c(Cc3cccc(Cl)c3)c(=O)[nH]c12. The molecule has 2 aromatic heterocycles. The second-order valence-corrected chi connectivity index (χ2v) is 6.17. The van der Waals surface area contributed by atoms with Crippen LogP contribution in [0.3, 0.4) is 0 Å². The molecule has 0 aliphatic rings. The number of fused-ring (bicyclic) bond motifs is 1. The molecule has 3 rings (SSSR count). The molecule has 0 bridgehead atoms. The van der Waals surface area contributed by atoms with Gasteiger partial charge in [0.25, 0.3) is 5.56 Å². The molecule has 0 radical (unpaired) electrons. The first kappa shape index (κ1) is 15.6. The van der Waals surface area contributed by atoms with Gasteiger partial charge in [-0.15, -0.1) is 0 Å². The van der Waals surface area contributed by atoms with Crippen LogP contribution in [0.15, 0.2) is 35.3 Å². The molecule has 0 atom stereocenters. The van der Waals surface area contributed by atoms with Crippen LogP contribution in [0.2, 0.25) is 5.02 Å². The van der Waals surface area contributed by atoms with Gasteiger partial charge in [-0.25, -0.2) is 0 Å². The topological polar surface area (TPSA) is 73.6 Å². The van der Waals surface area contributed by atoms with Gasteiger partial charge >= 0.3 is 0 Å². The van der Waals surface area contributed by atoms with E-state index in [0.29, 0.717) is 17.2 Å². The smallest absolute Gasteiger partial charge is 0.258 e. The number of halogens is 1. The van der Waals surface area contributed by atoms with E-state index in [1.54, 1.807) is 18.3 Å². The second kappa shape index (κ2) is 6.06. The van der Waals surface area contributed by atoms with Gasteiger partial charge in [0, 0.05) is 23.6 Å². The maximum absolute atomic E-state index is 12.4. The number of aromatic nitrogens is 3. The van der Waals surface area contributed by atoms with Gasteiger partial charge in [-0.3, -0.25) is 4.79 Å². The summed E-state index contributed by atoms with van der Waals surface area (Å²) < 4.78 is 1.36. The van der Waals surface area contributed by atoms with Crippen LogP contribution in [0.1, 0.15) is 16.7 Å². The number of nitrogens with one attached hydrogen (secondary N) is 1. The van der Waals surface area contributed by atoms with Crippen molar-refractivity contribution < 1.29 is 5.11 Å². The Labute approximate surface area is 137 Å². The number of hydrogen-bond donors (Lipinski definition) is 2. The normalized spacial score (nSPS) is 11.5. The summed E-state index contributed by atoms with van der Waals surface area (Å²) in [5.74, 6) is -0.145. The van der Waals surface area contributed by atoms with Crippen LogP contribution in [0, 0.1) is 0 Å². The van der Waals surface area contributed by atoms with Crippen LogP contribution in [0.5, 0.6) is 5.88 Å². The van der Waals surface area contributed by atoms with Crippen molar-refractivity contribution in [3.05, 3.63) is 62.5 Å². The Hall–Kier alpha value is -2.31. The zero-order chi connectivity index (χ0) is 16.6. The first-order valence-electron chi connectivity index (χ1n) is 7.15. The van der Waals surface area contributed by atoms with Gasteiger partial charge in [0.1, 0.15) is 5.65 Å². The molecule has 0 unspecified atom stereocenters. The first-order chi connectivity index (χ1) is 11.0. The van der Waals surface area contributed by atoms with Gasteiger partial charge in [-0.2, -0.15) is 9.61 Å². The predicted molar refractivity (Wildman–Crippen MR) is 89.1 cm³/mol. The van der Waals surface area contributed by atoms with E-state index in [4.69, 9.17) is 11.6 Å². The average molecular weight is 333 g/mol. The maximum Gasteiger partial charge on any atom is 0.258 e. The van der Waals surface area contributed by atoms with Crippen LogP contribution < -0.4 is 5.56 Å². The van der Waals surface area contributed by atoms with Crippen molar-refractivity contribution in [1.29, 1.82) is 0 Å². The molecule has 6 nitrogen and oxygen atoms in total. The number of nitrogens with zero attached hydrogens (tertiary/aromatic N) is 3. The molecular formula is C16H17ClN4O2. The summed E-state index contributed by atoms with van der Waals surface area (Å²) in [5, 5.41) is 15.2. The molecule has 2 N–H and O–H groups in total. The molecule has 0 fully saturated rings. The van der Waals surface area contributed by atoms with E-state index in [2.05, 4.69) is 10.1 Å². The Morgan fingerprint density at radius 1 is 1.39 bits per heavy atom. The highest BCUT2D eigenvalue weighted by Crippen LogP contribution is 2.21. The van der Waals surface area contributed by atoms with Gasteiger partial charge < -0.3 is 15.0 Å². The van der Waals surface area contributed by atoms with E-state index in [9.17, 15) is 9.90 Å². The largest absolute Gasteiger partial charge is 0.493 e. The van der Waals surface area contributed by atoms with Crippen LogP contribution in [0.4, 0.5) is 0 Å². The fourth-order valence-corrected chi connectivity index (χ4v) is 2.77. The highest BCUT2D eigenvalue weighted by atomic mass is 35.5. The van der Waals surface area contributed by atoms with Crippen molar-refractivity contribution in [3.8, 4) is 5.88 Å². The summed E-state index contributed by atoms with van der Waals surface area (Å²) in [6.07, 6.45) is 1.93. The van der Waals surface area contributed by atoms with Gasteiger partial charge in [0.15, 0.2) is 0 Å². The third kappa shape index (κ3) is 3.09. The number of hydrogen-bond acceptors (Lipinski definition) is 4. The van der Waals surface area contributed by atoms with Crippen molar-refractivity contribution in [3.63, 3.8) is 0 Å². The minimum absolute atomic E-state index is 0.145. The Kier molecular flexibility index (Phi) is 4.11. The molecule has 1 aromatic carbocycles. The average Bonchev–Trinajstić information content (AvgIpc) is 2.86.